The van der Waals surface area contributed by atoms with Crippen molar-refractivity contribution in [1.82, 2.24) is 0 Å². The number of carbonyl (C=O) groups excluding carboxylic acids is 2. The van der Waals surface area contributed by atoms with E-state index in [1.54, 1.807) is 0 Å². The maximum atomic E-state index is 12.8. The molecule has 3 rings (SSSR count). The molecule has 9 atom stereocenters. The molecule has 0 amide bonds. The van der Waals surface area contributed by atoms with Crippen LogP contribution in [-0.2, 0) is 14.0 Å². The lowest BCUT2D eigenvalue weighted by molar-refractivity contribution is -0.138. The Bertz CT molecular complexity index is 785. The number of carbonyl (C=O) groups is 2. The molecule has 4 heteroatoms. The Hall–Kier alpha value is -0.483. The second-order valence-electron chi connectivity index (χ2n) is 16.0. The lowest BCUT2D eigenvalue weighted by Gasteiger charge is -2.56. The lowest BCUT2D eigenvalue weighted by Crippen LogP contribution is -2.53. The van der Waals surface area contributed by atoms with Gasteiger partial charge in [0.25, 0.3) is 0 Å². The fourth-order valence-electron chi connectivity index (χ4n) is 8.88. The molecule has 0 aromatic rings. The quantitative estimate of drug-likeness (QED) is 0.208. The van der Waals surface area contributed by atoms with Gasteiger partial charge in [0.15, 0.2) is 8.32 Å². The Morgan fingerprint density at radius 2 is 1.51 bits per heavy atom. The zero-order valence-electron chi connectivity index (χ0n) is 26.1. The molecule has 214 valence electrons. The summed E-state index contributed by atoms with van der Waals surface area (Å²) in [5, 5.41) is 0.172. The zero-order valence-corrected chi connectivity index (χ0v) is 27.1. The Morgan fingerprint density at radius 3 is 2.08 bits per heavy atom. The number of rotatable bonds is 10. The van der Waals surface area contributed by atoms with Gasteiger partial charge in [-0.05, 0) is 103 Å². The molecule has 0 spiro atoms. The van der Waals surface area contributed by atoms with E-state index in [1.807, 2.05) is 0 Å². The molecule has 0 bridgehead atoms. The van der Waals surface area contributed by atoms with Gasteiger partial charge >= 0.3 is 0 Å². The van der Waals surface area contributed by atoms with Gasteiger partial charge in [-0.3, -0.25) is 0 Å². The van der Waals surface area contributed by atoms with Gasteiger partial charge in [0.05, 0.1) is 0 Å². The van der Waals surface area contributed by atoms with Gasteiger partial charge in [0, 0.05) is 17.9 Å². The molecular weight excluding hydrogens is 472 g/mol. The van der Waals surface area contributed by atoms with E-state index < -0.39 is 8.32 Å². The van der Waals surface area contributed by atoms with Crippen molar-refractivity contribution in [1.29, 1.82) is 0 Å². The highest BCUT2D eigenvalue weighted by molar-refractivity contribution is 6.74. The molecule has 3 fully saturated rings. The third kappa shape index (κ3) is 6.15. The number of fused-ring (bicyclic) bond motifs is 1. The normalized spacial score (nSPS) is 39.9. The second kappa shape index (κ2) is 11.6. The molecule has 37 heavy (non-hydrogen) atoms. The Kier molecular flexibility index (Phi) is 9.70. The van der Waals surface area contributed by atoms with E-state index in [2.05, 4.69) is 68.5 Å². The van der Waals surface area contributed by atoms with Crippen LogP contribution >= 0.6 is 0 Å². The minimum absolute atomic E-state index is 0.0139. The first kappa shape index (κ1) is 31.0. The summed E-state index contributed by atoms with van der Waals surface area (Å²) < 4.78 is 6.79. The number of hydrogen-bond acceptors (Lipinski definition) is 3. The fraction of sp³-hybridized carbons (Fsp3) is 0.939. The third-order valence-corrected chi connectivity index (χ3v) is 16.9. The second-order valence-corrected chi connectivity index (χ2v) is 20.7. The van der Waals surface area contributed by atoms with Crippen LogP contribution in [0.4, 0.5) is 0 Å². The minimum atomic E-state index is -1.88. The van der Waals surface area contributed by atoms with Crippen LogP contribution in [0.15, 0.2) is 0 Å². The lowest BCUT2D eigenvalue weighted by atomic mass is 9.48. The third-order valence-electron chi connectivity index (χ3n) is 12.3. The predicted molar refractivity (Wildman–Crippen MR) is 158 cm³/mol. The van der Waals surface area contributed by atoms with E-state index in [4.69, 9.17) is 4.43 Å². The predicted octanol–water partition coefficient (Wildman–Crippen LogP) is 9.10. The summed E-state index contributed by atoms with van der Waals surface area (Å²) in [4.78, 5) is 25.4. The van der Waals surface area contributed by atoms with Gasteiger partial charge in [-0.1, -0.05) is 74.7 Å². The van der Waals surface area contributed by atoms with Gasteiger partial charge in [-0.2, -0.15) is 0 Å². The van der Waals surface area contributed by atoms with Crippen LogP contribution in [0.3, 0.4) is 0 Å². The van der Waals surface area contributed by atoms with E-state index in [1.165, 1.54) is 51.1 Å². The average Bonchev–Trinajstić information content (AvgIpc) is 3.15. The summed E-state index contributed by atoms with van der Waals surface area (Å²) in [6.45, 7) is 23.5. The molecular formula is C33H60O3Si. The SMILES string of the molecule is CC(C)CCCC(C)[C@H]1CC[C@H]2[C@H](C=O)[C@@H]([C@@]3(C)CC[C@H](O[Si](C)(C)C(C)(C)C)C[C@@H]3C=O)CC[C@]12C. The molecule has 0 aromatic heterocycles. The van der Waals surface area contributed by atoms with E-state index in [0.29, 0.717) is 11.8 Å². The van der Waals surface area contributed by atoms with Gasteiger partial charge in [-0.25, -0.2) is 0 Å². The molecule has 3 aliphatic carbocycles. The average molecular weight is 533 g/mol. The first-order valence-electron chi connectivity index (χ1n) is 15.7. The molecule has 3 nitrogen and oxygen atoms in total. The zero-order chi connectivity index (χ0) is 27.8. The molecule has 0 saturated heterocycles. The maximum absolute atomic E-state index is 12.8. The number of aldehydes is 2. The highest BCUT2D eigenvalue weighted by atomic mass is 28.4. The van der Waals surface area contributed by atoms with Crippen LogP contribution in [0, 0.1) is 52.3 Å². The minimum Gasteiger partial charge on any atom is -0.414 e. The summed E-state index contributed by atoms with van der Waals surface area (Å²) in [5.74, 6) is 3.13. The summed E-state index contributed by atoms with van der Waals surface area (Å²) in [6.07, 6.45) is 14.3. The molecule has 3 aliphatic rings. The van der Waals surface area contributed by atoms with Crippen molar-refractivity contribution in [2.45, 2.75) is 144 Å². The first-order valence-corrected chi connectivity index (χ1v) is 18.6. The molecule has 0 N–H and O–H groups in total. The smallest absolute Gasteiger partial charge is 0.192 e. The Morgan fingerprint density at radius 1 is 0.892 bits per heavy atom. The van der Waals surface area contributed by atoms with Crippen molar-refractivity contribution < 1.29 is 14.0 Å². The molecule has 0 heterocycles. The summed E-state index contributed by atoms with van der Waals surface area (Å²) in [5.41, 5.74) is 0.178. The highest BCUT2D eigenvalue weighted by Crippen LogP contribution is 2.65. The van der Waals surface area contributed by atoms with E-state index in [0.717, 1.165) is 43.4 Å². The van der Waals surface area contributed by atoms with E-state index >= 15 is 0 Å². The maximum Gasteiger partial charge on any atom is 0.192 e. The first-order chi connectivity index (χ1) is 17.1. The van der Waals surface area contributed by atoms with Crippen LogP contribution in [0.1, 0.15) is 120 Å². The van der Waals surface area contributed by atoms with Crippen LogP contribution < -0.4 is 0 Å². The van der Waals surface area contributed by atoms with Crippen LogP contribution in [0.2, 0.25) is 18.1 Å². The van der Waals surface area contributed by atoms with Gasteiger partial charge in [0.1, 0.15) is 12.6 Å². The summed E-state index contributed by atoms with van der Waals surface area (Å²) in [7, 11) is -1.88. The van der Waals surface area contributed by atoms with Crippen LogP contribution in [0.25, 0.3) is 0 Å². The van der Waals surface area contributed by atoms with Crippen LogP contribution in [-0.4, -0.2) is 27.0 Å². The van der Waals surface area contributed by atoms with Crippen molar-refractivity contribution in [3.8, 4) is 0 Å². The van der Waals surface area contributed by atoms with Gasteiger partial charge in [0.2, 0.25) is 0 Å². The largest absolute Gasteiger partial charge is 0.414 e. The standard InChI is InChI=1S/C33H60O3Si/c1-23(2)12-11-13-24(3)28-14-15-29-27(22-35)30(17-19-33(28,29)8)32(7)18-16-26(20-25(32)21-34)36-37(9,10)31(4,5)6/h21-30H,11-20H2,1-10H3/t24?,25-,26+,27+,28-,29+,30+,32+,33-/m1/s1. The van der Waals surface area contributed by atoms with E-state index in [9.17, 15) is 9.59 Å². The summed E-state index contributed by atoms with van der Waals surface area (Å²) >= 11 is 0. The fourth-order valence-corrected chi connectivity index (χ4v) is 10.3. The van der Waals surface area contributed by atoms with Crippen molar-refractivity contribution in [3.05, 3.63) is 0 Å². The summed E-state index contributed by atoms with van der Waals surface area (Å²) in [6, 6.07) is 0. The monoisotopic (exact) mass is 532 g/mol. The van der Waals surface area contributed by atoms with Crippen molar-refractivity contribution >= 4 is 20.9 Å². The molecule has 1 unspecified atom stereocenters. The van der Waals surface area contributed by atoms with Gasteiger partial charge < -0.3 is 14.0 Å². The highest BCUT2D eigenvalue weighted by Gasteiger charge is 2.59. The van der Waals surface area contributed by atoms with Crippen molar-refractivity contribution in [2.24, 2.45) is 52.3 Å². The Labute approximate surface area is 230 Å². The molecule has 0 aromatic carbocycles. The topological polar surface area (TPSA) is 43.4 Å². The van der Waals surface area contributed by atoms with Gasteiger partial charge in [-0.15, -0.1) is 0 Å². The van der Waals surface area contributed by atoms with Crippen molar-refractivity contribution in [2.75, 3.05) is 0 Å². The molecule has 0 radical (unpaired) electrons. The number of hydrogen-bond donors (Lipinski definition) is 0. The Balaban J connectivity index is 1.74. The molecule has 0 aliphatic heterocycles. The van der Waals surface area contributed by atoms with Crippen molar-refractivity contribution in [3.63, 3.8) is 0 Å². The van der Waals surface area contributed by atoms with E-state index in [-0.39, 0.29) is 33.8 Å². The molecule has 3 saturated carbocycles. The van der Waals surface area contributed by atoms with Crippen LogP contribution in [0.5, 0.6) is 0 Å².